The van der Waals surface area contributed by atoms with Crippen LogP contribution in [0, 0.1) is 5.82 Å². The van der Waals surface area contributed by atoms with Crippen LogP contribution in [-0.4, -0.2) is 18.8 Å². The van der Waals surface area contributed by atoms with Gasteiger partial charge in [-0.05, 0) is 30.3 Å². The van der Waals surface area contributed by atoms with E-state index in [-0.39, 0.29) is 29.1 Å². The fourth-order valence-electron chi connectivity index (χ4n) is 2.71. The molecule has 4 nitrogen and oxygen atoms in total. The van der Waals surface area contributed by atoms with Crippen molar-refractivity contribution in [2.24, 2.45) is 0 Å². The summed E-state index contributed by atoms with van der Waals surface area (Å²) in [6, 6.07) is 3.81. The molecule has 1 aliphatic rings. The zero-order chi connectivity index (χ0) is 17.7. The number of aryl methyl sites for hydroxylation is 1. The summed E-state index contributed by atoms with van der Waals surface area (Å²) in [4.78, 5) is 11.9. The minimum Gasteiger partial charge on any atom is -0.412 e. The number of carbonyl (C=O) groups is 1. The molecule has 1 N–H and O–H groups in total. The van der Waals surface area contributed by atoms with Crippen LogP contribution in [0.3, 0.4) is 0 Å². The highest BCUT2D eigenvalue weighted by Gasteiger charge is 2.37. The maximum Gasteiger partial charge on any atom is 0.226 e. The zero-order valence-electron chi connectivity index (χ0n) is 15.0. The van der Waals surface area contributed by atoms with Crippen LogP contribution in [0.4, 0.5) is 10.1 Å². The number of amides is 1. The first-order valence-electron chi connectivity index (χ1n) is 8.34. The standard InChI is InChI=1S/C18H25FN2O2Si/c1-18(2,3)24(4,5)23-11-13-10-12-6-8-21-9-7-14(22)20-16(15(13)19)17(12)21/h6,8,10H,7,9,11H2,1-5H3,(H,20,22). The molecule has 0 unspecified atom stereocenters. The quantitative estimate of drug-likeness (QED) is 0.821. The van der Waals surface area contributed by atoms with Gasteiger partial charge < -0.3 is 14.3 Å². The second-order valence-electron chi connectivity index (χ2n) is 8.02. The average Bonchev–Trinajstić information content (AvgIpc) is 2.79. The van der Waals surface area contributed by atoms with Crippen molar-refractivity contribution in [2.45, 2.75) is 58.5 Å². The first-order valence-corrected chi connectivity index (χ1v) is 11.2. The van der Waals surface area contributed by atoms with E-state index in [4.69, 9.17) is 4.43 Å². The third-order valence-corrected chi connectivity index (χ3v) is 9.78. The van der Waals surface area contributed by atoms with E-state index in [1.165, 1.54) is 0 Å². The van der Waals surface area contributed by atoms with Crippen molar-refractivity contribution in [2.75, 3.05) is 5.32 Å². The first kappa shape index (κ1) is 17.2. The Morgan fingerprint density at radius 1 is 1.38 bits per heavy atom. The lowest BCUT2D eigenvalue weighted by atomic mass is 10.1. The maximum absolute atomic E-state index is 15.0. The Labute approximate surface area is 143 Å². The summed E-state index contributed by atoms with van der Waals surface area (Å²) < 4.78 is 23.1. The van der Waals surface area contributed by atoms with Crippen LogP contribution in [0.25, 0.3) is 10.9 Å². The van der Waals surface area contributed by atoms with Crippen molar-refractivity contribution in [3.63, 3.8) is 0 Å². The topological polar surface area (TPSA) is 43.3 Å². The average molecular weight is 348 g/mol. The molecular weight excluding hydrogens is 323 g/mol. The van der Waals surface area contributed by atoms with Gasteiger partial charge in [0.05, 0.1) is 12.1 Å². The summed E-state index contributed by atoms with van der Waals surface area (Å²) in [5, 5.41) is 3.73. The van der Waals surface area contributed by atoms with Crippen LogP contribution in [0.1, 0.15) is 32.8 Å². The number of nitrogens with zero attached hydrogens (tertiary/aromatic N) is 1. The van der Waals surface area contributed by atoms with Gasteiger partial charge in [0.2, 0.25) is 5.91 Å². The van der Waals surface area contributed by atoms with E-state index < -0.39 is 8.32 Å². The molecule has 0 spiro atoms. The Kier molecular flexibility index (Phi) is 4.08. The van der Waals surface area contributed by atoms with E-state index in [1.807, 2.05) is 22.9 Å². The Bertz CT molecular complexity index is 805. The third kappa shape index (κ3) is 2.89. The molecule has 3 rings (SSSR count). The highest BCUT2D eigenvalue weighted by Crippen LogP contribution is 2.38. The number of aromatic nitrogens is 1. The normalized spacial score (nSPS) is 15.5. The van der Waals surface area contributed by atoms with Gasteiger partial charge in [0.15, 0.2) is 14.1 Å². The van der Waals surface area contributed by atoms with Gasteiger partial charge in [0.1, 0.15) is 5.69 Å². The minimum atomic E-state index is -1.97. The van der Waals surface area contributed by atoms with Crippen LogP contribution in [0.15, 0.2) is 18.3 Å². The van der Waals surface area contributed by atoms with E-state index >= 15 is 4.39 Å². The number of hydrogen-bond acceptors (Lipinski definition) is 2. The van der Waals surface area contributed by atoms with Gasteiger partial charge in [0, 0.05) is 30.1 Å². The summed E-state index contributed by atoms with van der Waals surface area (Å²) in [6.07, 6.45) is 2.26. The van der Waals surface area contributed by atoms with Crippen molar-refractivity contribution >= 4 is 30.8 Å². The second kappa shape index (κ2) is 5.70. The van der Waals surface area contributed by atoms with E-state index in [9.17, 15) is 4.79 Å². The summed E-state index contributed by atoms with van der Waals surface area (Å²) in [5.74, 6) is -0.530. The molecule has 0 radical (unpaired) electrons. The van der Waals surface area contributed by atoms with Crippen LogP contribution in [0.2, 0.25) is 18.1 Å². The highest BCUT2D eigenvalue weighted by molar-refractivity contribution is 6.74. The Balaban J connectivity index is 1.99. The molecule has 1 aromatic heterocycles. The molecule has 0 bridgehead atoms. The van der Waals surface area contributed by atoms with E-state index in [0.29, 0.717) is 18.5 Å². The van der Waals surface area contributed by atoms with Crippen LogP contribution in [0.5, 0.6) is 0 Å². The zero-order valence-corrected chi connectivity index (χ0v) is 16.0. The van der Waals surface area contributed by atoms with Gasteiger partial charge in [-0.3, -0.25) is 4.79 Å². The van der Waals surface area contributed by atoms with Gasteiger partial charge in [-0.25, -0.2) is 4.39 Å². The Morgan fingerprint density at radius 3 is 2.75 bits per heavy atom. The second-order valence-corrected chi connectivity index (χ2v) is 12.8. The van der Waals surface area contributed by atoms with Crippen LogP contribution >= 0.6 is 0 Å². The van der Waals surface area contributed by atoms with Gasteiger partial charge in [-0.2, -0.15) is 0 Å². The number of nitrogens with one attached hydrogen (secondary N) is 1. The fraction of sp³-hybridized carbons (Fsp3) is 0.500. The molecule has 0 aliphatic carbocycles. The predicted octanol–water partition coefficient (Wildman–Crippen LogP) is 4.64. The largest absolute Gasteiger partial charge is 0.412 e. The summed E-state index contributed by atoms with van der Waals surface area (Å²) in [5.41, 5.74) is 1.55. The SMILES string of the molecule is CC(C)(C)[Si](C)(C)OCc1cc2ccn3c2c(c1F)NC(=O)CC3. The van der Waals surface area contributed by atoms with Crippen molar-refractivity contribution in [3.05, 3.63) is 29.7 Å². The van der Waals surface area contributed by atoms with E-state index in [0.717, 1.165) is 10.9 Å². The number of benzene rings is 1. The molecule has 1 aromatic carbocycles. The number of anilines is 1. The Morgan fingerprint density at radius 2 is 2.08 bits per heavy atom. The molecule has 0 saturated carbocycles. The molecule has 0 saturated heterocycles. The molecule has 130 valence electrons. The molecule has 2 heterocycles. The number of carbonyl (C=O) groups excluding carboxylic acids is 1. The lowest BCUT2D eigenvalue weighted by Crippen LogP contribution is -2.40. The van der Waals surface area contributed by atoms with Gasteiger partial charge in [-0.1, -0.05) is 20.8 Å². The van der Waals surface area contributed by atoms with Gasteiger partial charge in [0.25, 0.3) is 0 Å². The van der Waals surface area contributed by atoms with Crippen molar-refractivity contribution in [3.8, 4) is 0 Å². The van der Waals surface area contributed by atoms with Crippen LogP contribution in [-0.2, 0) is 22.4 Å². The van der Waals surface area contributed by atoms with E-state index in [1.54, 1.807) is 0 Å². The molecule has 0 atom stereocenters. The van der Waals surface area contributed by atoms with Crippen molar-refractivity contribution in [1.29, 1.82) is 0 Å². The number of halogens is 1. The predicted molar refractivity (Wildman–Crippen MR) is 97.1 cm³/mol. The summed E-state index contributed by atoms with van der Waals surface area (Å²) in [6.45, 7) is 11.6. The van der Waals surface area contributed by atoms with Crippen molar-refractivity contribution < 1.29 is 13.6 Å². The van der Waals surface area contributed by atoms with Gasteiger partial charge in [-0.15, -0.1) is 0 Å². The monoisotopic (exact) mass is 348 g/mol. The number of rotatable bonds is 3. The summed E-state index contributed by atoms with van der Waals surface area (Å²) >= 11 is 0. The third-order valence-electron chi connectivity index (χ3n) is 5.30. The lowest BCUT2D eigenvalue weighted by molar-refractivity contribution is -0.116. The maximum atomic E-state index is 15.0. The lowest BCUT2D eigenvalue weighted by Gasteiger charge is -2.36. The molecule has 1 aliphatic heterocycles. The Hall–Kier alpha value is -1.66. The first-order chi connectivity index (χ1) is 11.1. The molecule has 24 heavy (non-hydrogen) atoms. The summed E-state index contributed by atoms with van der Waals surface area (Å²) in [7, 11) is -1.97. The number of hydrogen-bond donors (Lipinski definition) is 1. The molecule has 6 heteroatoms. The highest BCUT2D eigenvalue weighted by atomic mass is 28.4. The van der Waals surface area contributed by atoms with Crippen molar-refractivity contribution in [1.82, 2.24) is 4.57 Å². The van der Waals surface area contributed by atoms with Gasteiger partial charge >= 0.3 is 0 Å². The fourth-order valence-corrected chi connectivity index (χ4v) is 3.66. The molecule has 1 amide bonds. The molecular formula is C18H25FN2O2Si. The minimum absolute atomic E-state index is 0.0663. The smallest absolute Gasteiger partial charge is 0.226 e. The van der Waals surface area contributed by atoms with E-state index in [2.05, 4.69) is 39.2 Å². The van der Waals surface area contributed by atoms with Crippen LogP contribution < -0.4 is 5.32 Å². The molecule has 0 fully saturated rings. The molecule has 2 aromatic rings.